The first-order valence-electron chi connectivity index (χ1n) is 8.99. The largest absolute Gasteiger partial charge is 0.388 e. The number of nitrogens with one attached hydrogen (secondary N) is 1. The molecular weight excluding hydrogens is 310 g/mol. The van der Waals surface area contributed by atoms with E-state index in [0.29, 0.717) is 12.3 Å². The summed E-state index contributed by atoms with van der Waals surface area (Å²) in [4.78, 5) is 10.1. The molecule has 4 nitrogen and oxygen atoms in total. The zero-order chi connectivity index (χ0) is 17.4. The Kier molecular flexibility index (Phi) is 4.32. The summed E-state index contributed by atoms with van der Waals surface area (Å²) in [5.74, 6) is 0.290. The second-order valence-electron chi connectivity index (χ2n) is 7.31. The summed E-state index contributed by atoms with van der Waals surface area (Å²) in [5.41, 5.74) is 6.17. The molecule has 1 aliphatic rings. The highest BCUT2D eigenvalue weighted by Gasteiger charge is 2.27. The second kappa shape index (κ2) is 6.62. The van der Waals surface area contributed by atoms with Gasteiger partial charge < -0.3 is 15.0 Å². The Morgan fingerprint density at radius 2 is 2.08 bits per heavy atom. The van der Waals surface area contributed by atoms with Crippen molar-refractivity contribution in [3.05, 3.63) is 65.1 Å². The van der Waals surface area contributed by atoms with Crippen molar-refractivity contribution in [2.24, 2.45) is 0 Å². The van der Waals surface area contributed by atoms with Gasteiger partial charge in [-0.1, -0.05) is 11.6 Å². The lowest BCUT2D eigenvalue weighted by Crippen LogP contribution is -2.25. The van der Waals surface area contributed by atoms with E-state index in [1.54, 1.807) is 12.4 Å². The van der Waals surface area contributed by atoms with Gasteiger partial charge in [0.2, 0.25) is 0 Å². The monoisotopic (exact) mass is 335 g/mol. The molecule has 0 aliphatic carbocycles. The molecule has 0 saturated carbocycles. The van der Waals surface area contributed by atoms with E-state index in [9.17, 15) is 5.11 Å². The van der Waals surface area contributed by atoms with Crippen LogP contribution in [0, 0.1) is 6.92 Å². The summed E-state index contributed by atoms with van der Waals surface area (Å²) < 4.78 is 0. The molecule has 0 bridgehead atoms. The van der Waals surface area contributed by atoms with E-state index in [4.69, 9.17) is 0 Å². The molecule has 25 heavy (non-hydrogen) atoms. The summed E-state index contributed by atoms with van der Waals surface area (Å²) in [6.45, 7) is 4.16. The van der Waals surface area contributed by atoms with Crippen molar-refractivity contribution >= 4 is 10.9 Å². The molecule has 2 atom stereocenters. The van der Waals surface area contributed by atoms with E-state index < -0.39 is 6.10 Å². The lowest BCUT2D eigenvalue weighted by molar-refractivity contribution is 0.149. The average Bonchev–Trinajstić information content (AvgIpc) is 2.90. The SMILES string of the molecule is Cc1ccc2[nH]c3c(c2c1)CCN(C)CC3CC(O)c1ccncc1. The van der Waals surface area contributed by atoms with Gasteiger partial charge >= 0.3 is 0 Å². The molecule has 2 unspecified atom stereocenters. The van der Waals surface area contributed by atoms with Gasteiger partial charge in [0.1, 0.15) is 0 Å². The van der Waals surface area contributed by atoms with Gasteiger partial charge in [0.25, 0.3) is 0 Å². The number of likely N-dealkylation sites (N-methyl/N-ethyl adjacent to an activating group) is 1. The van der Waals surface area contributed by atoms with Crippen LogP contribution in [-0.2, 0) is 6.42 Å². The third kappa shape index (κ3) is 3.20. The third-order valence-electron chi connectivity index (χ3n) is 5.38. The van der Waals surface area contributed by atoms with Gasteiger partial charge in [0.05, 0.1) is 6.10 Å². The minimum Gasteiger partial charge on any atom is -0.388 e. The number of benzene rings is 1. The standard InChI is InChI=1S/C21H25N3O/c1-14-3-4-19-18(11-14)17-7-10-24(2)13-16(21(17)23-19)12-20(25)15-5-8-22-9-6-15/h3-6,8-9,11,16,20,23,25H,7,10,12-13H2,1-2H3. The smallest absolute Gasteiger partial charge is 0.0798 e. The van der Waals surface area contributed by atoms with E-state index >= 15 is 0 Å². The number of pyridine rings is 1. The number of H-pyrrole nitrogens is 1. The molecule has 130 valence electrons. The van der Waals surface area contributed by atoms with Gasteiger partial charge in [0.15, 0.2) is 0 Å². The first kappa shape index (κ1) is 16.3. The summed E-state index contributed by atoms with van der Waals surface area (Å²) in [6.07, 6.45) is 4.79. The maximum atomic E-state index is 10.7. The van der Waals surface area contributed by atoms with Crippen LogP contribution in [0.2, 0.25) is 0 Å². The van der Waals surface area contributed by atoms with Crippen LogP contribution in [0.3, 0.4) is 0 Å². The molecule has 1 aromatic carbocycles. The van der Waals surface area contributed by atoms with Crippen molar-refractivity contribution in [2.45, 2.75) is 31.8 Å². The van der Waals surface area contributed by atoms with Crippen molar-refractivity contribution in [3.8, 4) is 0 Å². The number of hydrogen-bond donors (Lipinski definition) is 2. The number of nitrogens with zero attached hydrogens (tertiary/aromatic N) is 2. The van der Waals surface area contributed by atoms with Crippen LogP contribution in [0.25, 0.3) is 10.9 Å². The maximum Gasteiger partial charge on any atom is 0.0798 e. The maximum absolute atomic E-state index is 10.7. The minimum atomic E-state index is -0.472. The predicted octanol–water partition coefficient (Wildman–Crippen LogP) is 3.57. The van der Waals surface area contributed by atoms with Crippen molar-refractivity contribution in [2.75, 3.05) is 20.1 Å². The Morgan fingerprint density at radius 3 is 2.88 bits per heavy atom. The van der Waals surface area contributed by atoms with Crippen LogP contribution in [0.1, 0.15) is 40.8 Å². The fourth-order valence-corrected chi connectivity index (χ4v) is 4.05. The van der Waals surface area contributed by atoms with E-state index in [-0.39, 0.29) is 0 Å². The topological polar surface area (TPSA) is 52.2 Å². The number of aliphatic hydroxyl groups excluding tert-OH is 1. The molecule has 3 aromatic rings. The molecule has 0 radical (unpaired) electrons. The minimum absolute atomic E-state index is 0.290. The van der Waals surface area contributed by atoms with Crippen LogP contribution in [0.5, 0.6) is 0 Å². The molecule has 3 heterocycles. The van der Waals surface area contributed by atoms with Crippen LogP contribution < -0.4 is 0 Å². The number of hydrogen-bond acceptors (Lipinski definition) is 3. The van der Waals surface area contributed by atoms with Crippen LogP contribution >= 0.6 is 0 Å². The number of aliphatic hydroxyl groups is 1. The van der Waals surface area contributed by atoms with Crippen molar-refractivity contribution < 1.29 is 5.11 Å². The Labute approximate surface area is 148 Å². The summed E-state index contributed by atoms with van der Waals surface area (Å²) in [6, 6.07) is 10.4. The highest BCUT2D eigenvalue weighted by molar-refractivity contribution is 5.85. The van der Waals surface area contributed by atoms with E-state index in [0.717, 1.165) is 25.1 Å². The molecule has 0 amide bonds. The molecule has 1 aliphatic heterocycles. The molecule has 0 saturated heterocycles. The molecule has 0 spiro atoms. The van der Waals surface area contributed by atoms with Crippen LogP contribution in [-0.4, -0.2) is 40.1 Å². The number of aryl methyl sites for hydroxylation is 1. The number of rotatable bonds is 3. The van der Waals surface area contributed by atoms with Gasteiger partial charge in [-0.05, 0) is 62.2 Å². The van der Waals surface area contributed by atoms with Crippen molar-refractivity contribution in [1.82, 2.24) is 14.9 Å². The first-order chi connectivity index (χ1) is 12.1. The second-order valence-corrected chi connectivity index (χ2v) is 7.31. The van der Waals surface area contributed by atoms with E-state index in [2.05, 4.69) is 47.0 Å². The first-order valence-corrected chi connectivity index (χ1v) is 8.99. The summed E-state index contributed by atoms with van der Waals surface area (Å²) >= 11 is 0. The number of aromatic amines is 1. The normalized spacial score (nSPS) is 19.6. The van der Waals surface area contributed by atoms with Gasteiger partial charge in [-0.15, -0.1) is 0 Å². The van der Waals surface area contributed by atoms with Gasteiger partial charge in [0, 0.05) is 48.0 Å². The zero-order valence-electron chi connectivity index (χ0n) is 14.9. The summed E-state index contributed by atoms with van der Waals surface area (Å²) in [7, 11) is 2.17. The third-order valence-corrected chi connectivity index (χ3v) is 5.38. The molecule has 2 aromatic heterocycles. The fourth-order valence-electron chi connectivity index (χ4n) is 4.05. The van der Waals surface area contributed by atoms with E-state index in [1.807, 2.05) is 12.1 Å². The zero-order valence-corrected chi connectivity index (χ0v) is 14.9. The van der Waals surface area contributed by atoms with Crippen molar-refractivity contribution in [3.63, 3.8) is 0 Å². The molecular formula is C21H25N3O. The average molecular weight is 335 g/mol. The lowest BCUT2D eigenvalue weighted by Gasteiger charge is -2.23. The molecule has 0 fully saturated rings. The highest BCUT2D eigenvalue weighted by Crippen LogP contribution is 2.36. The highest BCUT2D eigenvalue weighted by atomic mass is 16.3. The Morgan fingerprint density at radius 1 is 1.28 bits per heavy atom. The Balaban J connectivity index is 1.71. The van der Waals surface area contributed by atoms with Gasteiger partial charge in [-0.3, -0.25) is 4.98 Å². The van der Waals surface area contributed by atoms with Gasteiger partial charge in [-0.2, -0.15) is 0 Å². The van der Waals surface area contributed by atoms with Crippen LogP contribution in [0.15, 0.2) is 42.7 Å². The lowest BCUT2D eigenvalue weighted by atomic mass is 9.92. The predicted molar refractivity (Wildman–Crippen MR) is 101 cm³/mol. The molecule has 2 N–H and O–H groups in total. The number of fused-ring (bicyclic) bond motifs is 3. The molecule has 4 heteroatoms. The fraction of sp³-hybridized carbons (Fsp3) is 0.381. The van der Waals surface area contributed by atoms with Crippen molar-refractivity contribution in [1.29, 1.82) is 0 Å². The Bertz CT molecular complexity index is 871. The number of aromatic nitrogens is 2. The quantitative estimate of drug-likeness (QED) is 0.769. The molecule has 4 rings (SSSR count). The summed E-state index contributed by atoms with van der Waals surface area (Å²) in [5, 5.41) is 12.1. The van der Waals surface area contributed by atoms with Gasteiger partial charge in [-0.25, -0.2) is 0 Å². The van der Waals surface area contributed by atoms with E-state index in [1.165, 1.54) is 27.7 Å². The Hall–Kier alpha value is -2.17. The van der Waals surface area contributed by atoms with Crippen LogP contribution in [0.4, 0.5) is 0 Å².